The molecule has 0 aromatic heterocycles. The Kier molecular flexibility index (Phi) is 4.39. The van der Waals surface area contributed by atoms with Crippen molar-refractivity contribution in [2.75, 3.05) is 45.0 Å². The predicted octanol–water partition coefficient (Wildman–Crippen LogP) is 1.17. The average Bonchev–Trinajstić information content (AvgIpc) is 2.43. The molecule has 0 saturated carbocycles. The third-order valence-corrected chi connectivity index (χ3v) is 3.55. The molecule has 0 radical (unpaired) electrons. The molecule has 0 fully saturated rings. The summed E-state index contributed by atoms with van der Waals surface area (Å²) in [4.78, 5) is 14.2. The lowest BCUT2D eigenvalue weighted by molar-refractivity contribution is -0.121. The fraction of sp³-hybridized carbons (Fsp3) is 0.500. The van der Waals surface area contributed by atoms with Crippen LogP contribution < -0.4 is 10.6 Å². The molecule has 1 aromatic rings. The van der Waals surface area contributed by atoms with Gasteiger partial charge < -0.3 is 15.4 Å². The normalized spacial score (nSPS) is 18.1. The van der Waals surface area contributed by atoms with Gasteiger partial charge in [-0.2, -0.15) is 0 Å². The van der Waals surface area contributed by atoms with Crippen molar-refractivity contribution in [2.45, 2.75) is 12.5 Å². The van der Waals surface area contributed by atoms with Gasteiger partial charge in [0.25, 0.3) is 0 Å². The van der Waals surface area contributed by atoms with E-state index < -0.39 is 0 Å². The zero-order chi connectivity index (χ0) is 13.8. The van der Waals surface area contributed by atoms with Crippen molar-refractivity contribution in [3.05, 3.63) is 23.8 Å². The van der Waals surface area contributed by atoms with Crippen molar-refractivity contribution in [1.82, 2.24) is 4.90 Å². The maximum atomic E-state index is 12.1. The van der Waals surface area contributed by atoms with Crippen LogP contribution >= 0.6 is 0 Å². The molecular weight excluding hydrogens is 242 g/mol. The summed E-state index contributed by atoms with van der Waals surface area (Å²) in [5.74, 6) is 0.0550. The summed E-state index contributed by atoms with van der Waals surface area (Å²) in [7, 11) is 5.49. The lowest BCUT2D eigenvalue weighted by Crippen LogP contribution is -2.47. The number of fused-ring (bicyclic) bond motifs is 1. The monoisotopic (exact) mass is 263 g/mol. The Balaban J connectivity index is 2.13. The van der Waals surface area contributed by atoms with Gasteiger partial charge in [-0.1, -0.05) is 6.07 Å². The molecule has 1 atom stereocenters. The van der Waals surface area contributed by atoms with Crippen molar-refractivity contribution < 1.29 is 9.53 Å². The number of methoxy groups -OCH3 is 1. The summed E-state index contributed by atoms with van der Waals surface area (Å²) in [6, 6.07) is 5.95. The summed E-state index contributed by atoms with van der Waals surface area (Å²) in [5.41, 5.74) is 3.09. The number of carbonyl (C=O) groups excluding carboxylic acids is 1. The van der Waals surface area contributed by atoms with Crippen molar-refractivity contribution >= 4 is 17.3 Å². The van der Waals surface area contributed by atoms with Crippen LogP contribution in [0.4, 0.5) is 11.4 Å². The Morgan fingerprint density at radius 3 is 3.00 bits per heavy atom. The Morgan fingerprint density at radius 2 is 2.32 bits per heavy atom. The van der Waals surface area contributed by atoms with Crippen LogP contribution in [0.5, 0.6) is 0 Å². The molecule has 0 aliphatic carbocycles. The SMILES string of the molecule is CNc1ccc2c(c1)NC(=O)C(N(C)CCOC)C2. The van der Waals surface area contributed by atoms with E-state index in [-0.39, 0.29) is 11.9 Å². The van der Waals surface area contributed by atoms with Crippen LogP contribution in [0.3, 0.4) is 0 Å². The van der Waals surface area contributed by atoms with Crippen molar-refractivity contribution in [1.29, 1.82) is 0 Å². The van der Waals surface area contributed by atoms with Gasteiger partial charge in [-0.05, 0) is 31.2 Å². The van der Waals surface area contributed by atoms with E-state index >= 15 is 0 Å². The third kappa shape index (κ3) is 3.05. The van der Waals surface area contributed by atoms with Crippen molar-refractivity contribution in [3.8, 4) is 0 Å². The topological polar surface area (TPSA) is 53.6 Å². The number of anilines is 2. The highest BCUT2D eigenvalue weighted by Crippen LogP contribution is 2.27. The van der Waals surface area contributed by atoms with Crippen LogP contribution in [-0.4, -0.2) is 51.2 Å². The number of nitrogens with one attached hydrogen (secondary N) is 2. The maximum absolute atomic E-state index is 12.1. The van der Waals surface area contributed by atoms with Crippen molar-refractivity contribution in [3.63, 3.8) is 0 Å². The molecule has 0 bridgehead atoms. The van der Waals surface area contributed by atoms with Gasteiger partial charge in [0.2, 0.25) is 5.91 Å². The number of hydrogen-bond acceptors (Lipinski definition) is 4. The van der Waals surface area contributed by atoms with E-state index in [0.717, 1.165) is 24.3 Å². The highest BCUT2D eigenvalue weighted by atomic mass is 16.5. The molecule has 5 nitrogen and oxygen atoms in total. The van der Waals surface area contributed by atoms with Crippen LogP contribution in [0.1, 0.15) is 5.56 Å². The van der Waals surface area contributed by atoms with Gasteiger partial charge >= 0.3 is 0 Å². The van der Waals surface area contributed by atoms with E-state index in [0.29, 0.717) is 6.61 Å². The Bertz CT molecular complexity index is 462. The van der Waals surface area contributed by atoms with Gasteiger partial charge in [0.05, 0.1) is 12.6 Å². The van der Waals surface area contributed by atoms with Crippen LogP contribution in [0.2, 0.25) is 0 Å². The number of hydrogen-bond donors (Lipinski definition) is 2. The lowest BCUT2D eigenvalue weighted by atomic mass is 9.97. The standard InChI is InChI=1S/C14H21N3O2/c1-15-11-5-4-10-8-13(17(2)6-7-19-3)14(18)16-12(10)9-11/h4-5,9,13,15H,6-8H2,1-3H3,(H,16,18). The summed E-state index contributed by atoms with van der Waals surface area (Å²) in [6.45, 7) is 1.38. The number of benzene rings is 1. The molecule has 0 spiro atoms. The highest BCUT2D eigenvalue weighted by molar-refractivity contribution is 5.98. The smallest absolute Gasteiger partial charge is 0.242 e. The van der Waals surface area contributed by atoms with Crippen LogP contribution in [0.15, 0.2) is 18.2 Å². The molecule has 5 heteroatoms. The van der Waals surface area contributed by atoms with Gasteiger partial charge in [-0.3, -0.25) is 9.69 Å². The second-order valence-corrected chi connectivity index (χ2v) is 4.80. The van der Waals surface area contributed by atoms with Crippen LogP contribution in [-0.2, 0) is 16.0 Å². The van der Waals surface area contributed by atoms with Crippen molar-refractivity contribution in [2.24, 2.45) is 0 Å². The van der Waals surface area contributed by atoms with Crippen LogP contribution in [0.25, 0.3) is 0 Å². The molecule has 104 valence electrons. The van der Waals surface area contributed by atoms with Gasteiger partial charge in [0, 0.05) is 32.1 Å². The summed E-state index contributed by atoms with van der Waals surface area (Å²) in [6.07, 6.45) is 0.741. The molecule has 1 amide bonds. The molecule has 1 heterocycles. The van der Waals surface area contributed by atoms with Gasteiger partial charge in [0.15, 0.2) is 0 Å². The first kappa shape index (κ1) is 13.8. The van der Waals surface area contributed by atoms with E-state index in [4.69, 9.17) is 4.74 Å². The average molecular weight is 263 g/mol. The second-order valence-electron chi connectivity index (χ2n) is 4.80. The fourth-order valence-electron chi connectivity index (χ4n) is 2.29. The minimum Gasteiger partial charge on any atom is -0.388 e. The van der Waals surface area contributed by atoms with Crippen LogP contribution in [0, 0.1) is 0 Å². The number of carbonyl (C=O) groups is 1. The summed E-state index contributed by atoms with van der Waals surface area (Å²) in [5, 5.41) is 6.06. The van der Waals surface area contributed by atoms with Gasteiger partial charge in [-0.15, -0.1) is 0 Å². The van der Waals surface area contributed by atoms with E-state index in [1.165, 1.54) is 5.56 Å². The number of nitrogens with zero attached hydrogens (tertiary/aromatic N) is 1. The first-order chi connectivity index (χ1) is 9.15. The van der Waals surface area contributed by atoms with E-state index in [1.54, 1.807) is 7.11 Å². The Morgan fingerprint density at radius 1 is 1.53 bits per heavy atom. The first-order valence-corrected chi connectivity index (χ1v) is 6.46. The quantitative estimate of drug-likeness (QED) is 0.837. The Hall–Kier alpha value is -1.59. The molecular formula is C14H21N3O2. The predicted molar refractivity (Wildman–Crippen MR) is 76.6 cm³/mol. The van der Waals surface area contributed by atoms with E-state index in [1.807, 2.05) is 31.1 Å². The highest BCUT2D eigenvalue weighted by Gasteiger charge is 2.29. The zero-order valence-corrected chi connectivity index (χ0v) is 11.7. The molecule has 1 unspecified atom stereocenters. The number of ether oxygens (including phenoxy) is 1. The summed E-state index contributed by atoms with van der Waals surface area (Å²) < 4.78 is 5.06. The van der Waals surface area contributed by atoms with Gasteiger partial charge in [0.1, 0.15) is 0 Å². The molecule has 0 saturated heterocycles. The lowest BCUT2D eigenvalue weighted by Gasteiger charge is -2.31. The fourth-order valence-corrected chi connectivity index (χ4v) is 2.29. The number of rotatable bonds is 5. The Labute approximate surface area is 113 Å². The van der Waals surface area contributed by atoms with E-state index in [2.05, 4.69) is 16.7 Å². The second kappa shape index (κ2) is 6.04. The molecule has 1 aromatic carbocycles. The van der Waals surface area contributed by atoms with Gasteiger partial charge in [-0.25, -0.2) is 0 Å². The summed E-state index contributed by atoms with van der Waals surface area (Å²) >= 11 is 0. The number of amides is 1. The maximum Gasteiger partial charge on any atom is 0.242 e. The molecule has 19 heavy (non-hydrogen) atoms. The molecule has 2 N–H and O–H groups in total. The number of likely N-dealkylation sites (N-methyl/N-ethyl adjacent to an activating group) is 1. The first-order valence-electron chi connectivity index (χ1n) is 6.46. The molecule has 1 aliphatic heterocycles. The third-order valence-electron chi connectivity index (χ3n) is 3.55. The van der Waals surface area contributed by atoms with E-state index in [9.17, 15) is 4.79 Å². The minimum absolute atomic E-state index is 0.0550. The minimum atomic E-state index is -0.122. The zero-order valence-electron chi connectivity index (χ0n) is 11.7. The molecule has 2 rings (SSSR count). The molecule has 1 aliphatic rings. The largest absolute Gasteiger partial charge is 0.388 e.